The van der Waals surface area contributed by atoms with Gasteiger partial charge >= 0.3 is 0 Å². The lowest BCUT2D eigenvalue weighted by Gasteiger charge is -2.41. The van der Waals surface area contributed by atoms with Gasteiger partial charge in [-0.25, -0.2) is 0 Å². The molecule has 0 aromatic heterocycles. The first-order valence-electron chi connectivity index (χ1n) is 6.36. The van der Waals surface area contributed by atoms with Crippen LogP contribution in [0.3, 0.4) is 0 Å². The minimum atomic E-state index is 0.583. The van der Waals surface area contributed by atoms with Crippen LogP contribution in [0.1, 0.15) is 25.5 Å². The molecule has 2 nitrogen and oxygen atoms in total. The summed E-state index contributed by atoms with van der Waals surface area (Å²) in [6.45, 7) is 10.4. The molecule has 1 aliphatic heterocycles. The van der Waals surface area contributed by atoms with E-state index in [1.165, 1.54) is 31.7 Å². The van der Waals surface area contributed by atoms with Crippen molar-refractivity contribution in [3.63, 3.8) is 0 Å². The zero-order valence-corrected chi connectivity index (χ0v) is 10.4. The molecule has 0 bridgehead atoms. The van der Waals surface area contributed by atoms with Gasteiger partial charge in [-0.3, -0.25) is 4.90 Å². The molecule has 1 aromatic carbocycles. The predicted molar refractivity (Wildman–Crippen MR) is 68.5 cm³/mol. The van der Waals surface area contributed by atoms with Crippen LogP contribution in [0.5, 0.6) is 0 Å². The maximum absolute atomic E-state index is 2.58. The maximum Gasteiger partial charge on any atom is 0.0475 e. The maximum atomic E-state index is 2.58. The number of rotatable bonds is 3. The number of hydrogen-bond donors (Lipinski definition) is 0. The summed E-state index contributed by atoms with van der Waals surface area (Å²) in [6.07, 6.45) is 0. The van der Waals surface area contributed by atoms with Gasteiger partial charge < -0.3 is 4.90 Å². The molecule has 1 aromatic rings. The van der Waals surface area contributed by atoms with Gasteiger partial charge in [0.05, 0.1) is 0 Å². The lowest BCUT2D eigenvalue weighted by atomic mass is 10.0. The Morgan fingerprint density at radius 3 is 2.44 bits per heavy atom. The van der Waals surface area contributed by atoms with Crippen LogP contribution in [-0.4, -0.2) is 42.5 Å². The molecule has 1 saturated heterocycles. The zero-order chi connectivity index (χ0) is 11.4. The van der Waals surface area contributed by atoms with Gasteiger partial charge in [-0.1, -0.05) is 44.2 Å². The zero-order valence-electron chi connectivity index (χ0n) is 10.4. The highest BCUT2D eigenvalue weighted by atomic mass is 15.3. The number of piperazine rings is 1. The third-order valence-electron chi connectivity index (χ3n) is 3.61. The van der Waals surface area contributed by atoms with Crippen molar-refractivity contribution in [2.45, 2.75) is 19.9 Å². The predicted octanol–water partition coefficient (Wildman–Crippen LogP) is 2.39. The molecule has 1 heterocycles. The second-order valence-corrected chi connectivity index (χ2v) is 4.45. The van der Waals surface area contributed by atoms with Crippen molar-refractivity contribution in [3.8, 4) is 0 Å². The largest absolute Gasteiger partial charge is 0.300 e. The summed E-state index contributed by atoms with van der Waals surface area (Å²) in [5.74, 6) is 0. The van der Waals surface area contributed by atoms with Gasteiger partial charge in [0.15, 0.2) is 0 Å². The number of hydrogen-bond acceptors (Lipinski definition) is 2. The monoisotopic (exact) mass is 218 g/mol. The topological polar surface area (TPSA) is 6.48 Å². The van der Waals surface area contributed by atoms with Crippen molar-refractivity contribution < 1.29 is 0 Å². The van der Waals surface area contributed by atoms with Crippen molar-refractivity contribution in [2.24, 2.45) is 0 Å². The molecule has 0 saturated carbocycles. The Morgan fingerprint density at radius 1 is 1.06 bits per heavy atom. The van der Waals surface area contributed by atoms with Gasteiger partial charge in [-0.15, -0.1) is 0 Å². The summed E-state index contributed by atoms with van der Waals surface area (Å²) >= 11 is 0. The fourth-order valence-corrected chi connectivity index (χ4v) is 2.53. The van der Waals surface area contributed by atoms with Crippen molar-refractivity contribution >= 4 is 0 Å². The lowest BCUT2D eigenvalue weighted by Crippen LogP contribution is -2.48. The summed E-state index contributed by atoms with van der Waals surface area (Å²) < 4.78 is 0. The standard InChI is InChI=1S/C14H22N2/c1-3-15-10-11-16(4-2)14(12-15)13-8-6-5-7-9-13/h5-9,14H,3-4,10-12H2,1-2H3/t14-/m1/s1. The fourth-order valence-electron chi connectivity index (χ4n) is 2.53. The average Bonchev–Trinajstić information content (AvgIpc) is 2.39. The van der Waals surface area contributed by atoms with Crippen LogP contribution in [0.2, 0.25) is 0 Å². The third-order valence-corrected chi connectivity index (χ3v) is 3.61. The summed E-state index contributed by atoms with van der Waals surface area (Å²) in [4.78, 5) is 5.13. The number of benzene rings is 1. The van der Waals surface area contributed by atoms with E-state index in [4.69, 9.17) is 0 Å². The third kappa shape index (κ3) is 2.45. The molecule has 88 valence electrons. The molecule has 2 heteroatoms. The SMILES string of the molecule is CCN1CCN(CC)[C@@H](c2ccccc2)C1. The molecular weight excluding hydrogens is 196 g/mol. The summed E-state index contributed by atoms with van der Waals surface area (Å²) in [7, 11) is 0. The quantitative estimate of drug-likeness (QED) is 0.768. The first-order valence-corrected chi connectivity index (χ1v) is 6.36. The normalized spacial score (nSPS) is 23.5. The van der Waals surface area contributed by atoms with Crippen LogP contribution in [0.25, 0.3) is 0 Å². The van der Waals surface area contributed by atoms with Crippen LogP contribution < -0.4 is 0 Å². The minimum absolute atomic E-state index is 0.583. The van der Waals surface area contributed by atoms with Crippen molar-refractivity contribution in [1.82, 2.24) is 9.80 Å². The molecule has 0 aliphatic carbocycles. The van der Waals surface area contributed by atoms with Gasteiger partial charge in [0.25, 0.3) is 0 Å². The van der Waals surface area contributed by atoms with Crippen molar-refractivity contribution in [3.05, 3.63) is 35.9 Å². The smallest absolute Gasteiger partial charge is 0.0475 e. The molecule has 16 heavy (non-hydrogen) atoms. The molecule has 0 N–H and O–H groups in total. The summed E-state index contributed by atoms with van der Waals surface area (Å²) in [5, 5.41) is 0. The second kappa shape index (κ2) is 5.46. The van der Waals surface area contributed by atoms with Crippen LogP contribution in [0.15, 0.2) is 30.3 Å². The Labute approximate surface area is 98.9 Å². The van der Waals surface area contributed by atoms with E-state index < -0.39 is 0 Å². The molecule has 0 amide bonds. The van der Waals surface area contributed by atoms with Gasteiger partial charge in [0, 0.05) is 25.7 Å². The molecule has 2 rings (SSSR count). The van der Waals surface area contributed by atoms with Crippen LogP contribution >= 0.6 is 0 Å². The summed E-state index contributed by atoms with van der Waals surface area (Å²) in [6, 6.07) is 11.5. The van der Waals surface area contributed by atoms with E-state index in [-0.39, 0.29) is 0 Å². The first-order chi connectivity index (χ1) is 7.85. The van der Waals surface area contributed by atoms with Crippen LogP contribution in [0.4, 0.5) is 0 Å². The molecule has 0 radical (unpaired) electrons. The Balaban J connectivity index is 2.15. The Kier molecular flexibility index (Phi) is 3.97. The van der Waals surface area contributed by atoms with Gasteiger partial charge in [-0.2, -0.15) is 0 Å². The minimum Gasteiger partial charge on any atom is -0.300 e. The van der Waals surface area contributed by atoms with E-state index in [1.54, 1.807) is 0 Å². The molecule has 1 fully saturated rings. The molecule has 1 atom stereocenters. The van der Waals surface area contributed by atoms with Crippen LogP contribution in [0, 0.1) is 0 Å². The fraction of sp³-hybridized carbons (Fsp3) is 0.571. The summed E-state index contributed by atoms with van der Waals surface area (Å²) in [5.41, 5.74) is 1.46. The van der Waals surface area contributed by atoms with E-state index in [9.17, 15) is 0 Å². The Hall–Kier alpha value is -0.860. The molecule has 0 unspecified atom stereocenters. The second-order valence-electron chi connectivity index (χ2n) is 4.45. The average molecular weight is 218 g/mol. The highest BCUT2D eigenvalue weighted by Crippen LogP contribution is 2.24. The first kappa shape index (κ1) is 11.6. The number of nitrogens with zero attached hydrogens (tertiary/aromatic N) is 2. The van der Waals surface area contributed by atoms with E-state index >= 15 is 0 Å². The van der Waals surface area contributed by atoms with Gasteiger partial charge in [-0.05, 0) is 18.7 Å². The lowest BCUT2D eigenvalue weighted by molar-refractivity contribution is 0.0820. The van der Waals surface area contributed by atoms with Gasteiger partial charge in [0.2, 0.25) is 0 Å². The Bertz CT molecular complexity index is 310. The van der Waals surface area contributed by atoms with Gasteiger partial charge in [0.1, 0.15) is 0 Å². The Morgan fingerprint density at radius 2 is 1.81 bits per heavy atom. The molecule has 0 spiro atoms. The van der Waals surface area contributed by atoms with E-state index in [0.717, 1.165) is 6.54 Å². The number of likely N-dealkylation sites (N-methyl/N-ethyl adjacent to an activating group) is 2. The van der Waals surface area contributed by atoms with E-state index in [0.29, 0.717) is 6.04 Å². The highest BCUT2D eigenvalue weighted by Gasteiger charge is 2.25. The van der Waals surface area contributed by atoms with E-state index in [1.807, 2.05) is 0 Å². The van der Waals surface area contributed by atoms with Crippen molar-refractivity contribution in [2.75, 3.05) is 32.7 Å². The van der Waals surface area contributed by atoms with E-state index in [2.05, 4.69) is 54.0 Å². The highest BCUT2D eigenvalue weighted by molar-refractivity contribution is 5.20. The molecular formula is C14H22N2. The molecule has 1 aliphatic rings. The van der Waals surface area contributed by atoms with Crippen molar-refractivity contribution in [1.29, 1.82) is 0 Å². The van der Waals surface area contributed by atoms with Crippen LogP contribution in [-0.2, 0) is 0 Å².